The molecule has 2 amide bonds. The third-order valence-electron chi connectivity index (χ3n) is 3.36. The Morgan fingerprint density at radius 1 is 1.50 bits per heavy atom. The molecule has 1 fully saturated rings. The van der Waals surface area contributed by atoms with Gasteiger partial charge in [0.05, 0.1) is 6.04 Å². The van der Waals surface area contributed by atoms with Crippen LogP contribution in [0.5, 0.6) is 0 Å². The molecule has 0 bridgehead atoms. The first kappa shape index (κ1) is 12.8. The number of carbonyl (C=O) groups excluding carboxylic acids is 1. The first-order valence-corrected chi connectivity index (χ1v) is 6.16. The molecular weight excluding hydrogens is 228 g/mol. The summed E-state index contributed by atoms with van der Waals surface area (Å²) in [7, 11) is 1.91. The topological polar surface area (TPSA) is 57.3 Å². The number of hydrogen-bond acceptors (Lipinski definition) is 3. The van der Waals surface area contributed by atoms with E-state index in [1.54, 1.807) is 12.4 Å². The molecule has 1 aromatic rings. The average Bonchev–Trinajstić information content (AvgIpc) is 2.72. The van der Waals surface area contributed by atoms with Crippen LogP contribution in [-0.2, 0) is 0 Å². The van der Waals surface area contributed by atoms with E-state index in [4.69, 9.17) is 0 Å². The number of likely N-dealkylation sites (N-methyl/N-ethyl adjacent to an activating group) is 1. The maximum atomic E-state index is 11.9. The van der Waals surface area contributed by atoms with Gasteiger partial charge in [-0.1, -0.05) is 0 Å². The quantitative estimate of drug-likeness (QED) is 0.840. The molecule has 1 atom stereocenters. The van der Waals surface area contributed by atoms with Crippen LogP contribution in [0.25, 0.3) is 0 Å². The van der Waals surface area contributed by atoms with Crippen molar-refractivity contribution < 1.29 is 4.79 Å². The van der Waals surface area contributed by atoms with Crippen molar-refractivity contribution in [1.82, 2.24) is 20.5 Å². The van der Waals surface area contributed by atoms with Gasteiger partial charge in [-0.05, 0) is 38.6 Å². The van der Waals surface area contributed by atoms with Crippen molar-refractivity contribution in [3.05, 3.63) is 30.1 Å². The number of nitrogens with one attached hydrogen (secondary N) is 2. The first-order valence-electron chi connectivity index (χ1n) is 6.16. The molecule has 0 radical (unpaired) electrons. The van der Waals surface area contributed by atoms with Gasteiger partial charge in [-0.15, -0.1) is 0 Å². The van der Waals surface area contributed by atoms with Crippen LogP contribution in [0.2, 0.25) is 0 Å². The third kappa shape index (κ3) is 2.79. The third-order valence-corrected chi connectivity index (χ3v) is 3.36. The maximum absolute atomic E-state index is 11.9. The summed E-state index contributed by atoms with van der Waals surface area (Å²) in [5.41, 5.74) is 1.02. The highest BCUT2D eigenvalue weighted by Crippen LogP contribution is 2.20. The Kier molecular flexibility index (Phi) is 3.52. The van der Waals surface area contributed by atoms with E-state index >= 15 is 0 Å². The van der Waals surface area contributed by atoms with Crippen molar-refractivity contribution in [2.24, 2.45) is 0 Å². The average molecular weight is 248 g/mol. The fourth-order valence-electron chi connectivity index (χ4n) is 2.07. The summed E-state index contributed by atoms with van der Waals surface area (Å²) < 4.78 is 0. The summed E-state index contributed by atoms with van der Waals surface area (Å²) in [6.45, 7) is 5.56. The number of amides is 2. The van der Waals surface area contributed by atoms with E-state index < -0.39 is 0 Å². The molecule has 0 spiro atoms. The van der Waals surface area contributed by atoms with Crippen LogP contribution < -0.4 is 10.6 Å². The standard InChI is InChI=1S/C13H20N4O/c1-13(2,14-3)9-17-8-11(16-12(17)18)10-4-6-15-7-5-10/h4-7,11,14H,8-9H2,1-3H3,(H,16,18). The zero-order chi connectivity index (χ0) is 13.2. The molecule has 1 unspecified atom stereocenters. The van der Waals surface area contributed by atoms with Crippen LogP contribution in [0.1, 0.15) is 25.5 Å². The minimum absolute atomic E-state index is 0.000127. The fraction of sp³-hybridized carbons (Fsp3) is 0.538. The van der Waals surface area contributed by atoms with E-state index in [9.17, 15) is 4.79 Å². The second-order valence-electron chi connectivity index (χ2n) is 5.30. The summed E-state index contributed by atoms with van der Waals surface area (Å²) in [5, 5.41) is 6.21. The molecule has 5 nitrogen and oxygen atoms in total. The molecular formula is C13H20N4O. The zero-order valence-corrected chi connectivity index (χ0v) is 11.1. The van der Waals surface area contributed by atoms with Crippen molar-refractivity contribution in [3.8, 4) is 0 Å². The molecule has 2 rings (SSSR count). The highest BCUT2D eigenvalue weighted by molar-refractivity contribution is 5.77. The Hall–Kier alpha value is -1.62. The Morgan fingerprint density at radius 3 is 2.78 bits per heavy atom. The lowest BCUT2D eigenvalue weighted by molar-refractivity contribution is 0.201. The van der Waals surface area contributed by atoms with Gasteiger partial charge in [0.1, 0.15) is 0 Å². The van der Waals surface area contributed by atoms with Gasteiger partial charge in [0.15, 0.2) is 0 Å². The Bertz CT molecular complexity index is 418. The molecule has 1 aliphatic rings. The number of pyridine rings is 1. The summed E-state index contributed by atoms with van der Waals surface area (Å²) in [6, 6.07) is 3.95. The maximum Gasteiger partial charge on any atom is 0.318 e. The van der Waals surface area contributed by atoms with Crippen LogP contribution in [0, 0.1) is 0 Å². The zero-order valence-electron chi connectivity index (χ0n) is 11.1. The number of aromatic nitrogens is 1. The normalized spacial score (nSPS) is 20.1. The first-order chi connectivity index (χ1) is 8.52. The monoisotopic (exact) mass is 248 g/mol. The van der Waals surface area contributed by atoms with Gasteiger partial charge in [-0.2, -0.15) is 0 Å². The number of carbonyl (C=O) groups is 1. The Morgan fingerprint density at radius 2 is 2.17 bits per heavy atom. The van der Waals surface area contributed by atoms with E-state index in [1.807, 2.05) is 24.1 Å². The van der Waals surface area contributed by atoms with Gasteiger partial charge >= 0.3 is 6.03 Å². The van der Waals surface area contributed by atoms with E-state index in [1.165, 1.54) is 0 Å². The van der Waals surface area contributed by atoms with E-state index in [-0.39, 0.29) is 17.6 Å². The summed E-state index contributed by atoms with van der Waals surface area (Å²) in [5.74, 6) is 0. The predicted molar refractivity (Wildman–Crippen MR) is 70.2 cm³/mol. The van der Waals surface area contributed by atoms with Crippen molar-refractivity contribution in [3.63, 3.8) is 0 Å². The fourth-order valence-corrected chi connectivity index (χ4v) is 2.07. The van der Waals surface area contributed by atoms with E-state index in [0.29, 0.717) is 13.1 Å². The molecule has 1 saturated heterocycles. The largest absolute Gasteiger partial charge is 0.329 e. The number of urea groups is 1. The van der Waals surface area contributed by atoms with Gasteiger partial charge in [0, 0.05) is 31.0 Å². The van der Waals surface area contributed by atoms with Crippen molar-refractivity contribution in [2.45, 2.75) is 25.4 Å². The van der Waals surface area contributed by atoms with Gasteiger partial charge < -0.3 is 15.5 Å². The van der Waals surface area contributed by atoms with E-state index in [0.717, 1.165) is 5.56 Å². The van der Waals surface area contributed by atoms with Crippen LogP contribution in [-0.4, -0.2) is 41.6 Å². The lowest BCUT2D eigenvalue weighted by Gasteiger charge is -2.29. The predicted octanol–water partition coefficient (Wildman–Crippen LogP) is 1.15. The second kappa shape index (κ2) is 4.94. The molecule has 98 valence electrons. The van der Waals surface area contributed by atoms with Crippen molar-refractivity contribution in [2.75, 3.05) is 20.1 Å². The van der Waals surface area contributed by atoms with Crippen LogP contribution >= 0.6 is 0 Å². The van der Waals surface area contributed by atoms with Crippen LogP contribution in [0.3, 0.4) is 0 Å². The minimum atomic E-state index is -0.0789. The molecule has 2 heterocycles. The molecule has 18 heavy (non-hydrogen) atoms. The molecule has 5 heteroatoms. The van der Waals surface area contributed by atoms with Crippen LogP contribution in [0.4, 0.5) is 4.79 Å². The molecule has 1 aliphatic heterocycles. The second-order valence-corrected chi connectivity index (χ2v) is 5.30. The molecule has 0 aliphatic carbocycles. The SMILES string of the molecule is CNC(C)(C)CN1CC(c2ccncc2)NC1=O. The van der Waals surface area contributed by atoms with Crippen LogP contribution in [0.15, 0.2) is 24.5 Å². The summed E-state index contributed by atoms with van der Waals surface area (Å²) >= 11 is 0. The van der Waals surface area contributed by atoms with Gasteiger partial charge in [-0.25, -0.2) is 4.79 Å². The highest BCUT2D eigenvalue weighted by Gasteiger charge is 2.32. The Balaban J connectivity index is 2.04. The summed E-state index contributed by atoms with van der Waals surface area (Å²) in [6.07, 6.45) is 3.50. The van der Waals surface area contributed by atoms with Gasteiger partial charge in [0.25, 0.3) is 0 Å². The number of hydrogen-bond donors (Lipinski definition) is 2. The minimum Gasteiger partial charge on any atom is -0.329 e. The highest BCUT2D eigenvalue weighted by atomic mass is 16.2. The Labute approximate surface area is 108 Å². The van der Waals surface area contributed by atoms with Crippen molar-refractivity contribution in [1.29, 1.82) is 0 Å². The van der Waals surface area contributed by atoms with Gasteiger partial charge in [-0.3, -0.25) is 4.98 Å². The summed E-state index contributed by atoms with van der Waals surface area (Å²) in [4.78, 5) is 17.8. The molecule has 0 aromatic carbocycles. The molecule has 2 N–H and O–H groups in total. The lowest BCUT2D eigenvalue weighted by Crippen LogP contribution is -2.48. The smallest absolute Gasteiger partial charge is 0.318 e. The van der Waals surface area contributed by atoms with E-state index in [2.05, 4.69) is 29.5 Å². The molecule has 0 saturated carbocycles. The molecule has 1 aromatic heterocycles. The lowest BCUT2D eigenvalue weighted by atomic mass is 10.1. The number of nitrogens with zero attached hydrogens (tertiary/aromatic N) is 2. The van der Waals surface area contributed by atoms with Gasteiger partial charge in [0.2, 0.25) is 0 Å². The number of rotatable bonds is 4. The van der Waals surface area contributed by atoms with Crippen molar-refractivity contribution >= 4 is 6.03 Å².